The van der Waals surface area contributed by atoms with Gasteiger partial charge >= 0.3 is 0 Å². The monoisotopic (exact) mass is 298 g/mol. The van der Waals surface area contributed by atoms with Crippen LogP contribution < -0.4 is 10.2 Å². The molecule has 1 aliphatic heterocycles. The summed E-state index contributed by atoms with van der Waals surface area (Å²) in [5.41, 5.74) is 2.49. The Morgan fingerprint density at radius 2 is 2.15 bits per heavy atom. The van der Waals surface area contributed by atoms with E-state index < -0.39 is 0 Å². The quantitative estimate of drug-likeness (QED) is 0.843. The van der Waals surface area contributed by atoms with Crippen molar-refractivity contribution >= 4 is 17.3 Å². The molecule has 0 aliphatic carbocycles. The van der Waals surface area contributed by atoms with Crippen LogP contribution in [0.4, 0.5) is 5.69 Å². The SMILES string of the molecule is CNCc1ccc(Cl)cc1N1CCC(OCCO)CC1. The van der Waals surface area contributed by atoms with Crippen LogP contribution in [0.2, 0.25) is 5.02 Å². The number of ether oxygens (including phenoxy) is 1. The number of nitrogens with zero attached hydrogens (tertiary/aromatic N) is 1. The van der Waals surface area contributed by atoms with Gasteiger partial charge in [0.15, 0.2) is 0 Å². The highest BCUT2D eigenvalue weighted by Crippen LogP contribution is 2.28. The number of rotatable bonds is 6. The van der Waals surface area contributed by atoms with Crippen molar-refractivity contribution in [2.75, 3.05) is 38.3 Å². The average Bonchev–Trinajstić information content (AvgIpc) is 2.48. The molecule has 0 aromatic heterocycles. The number of aliphatic hydroxyl groups excluding tert-OH is 1. The highest BCUT2D eigenvalue weighted by Gasteiger charge is 2.21. The molecule has 2 rings (SSSR count). The van der Waals surface area contributed by atoms with Crippen molar-refractivity contribution in [2.24, 2.45) is 0 Å². The van der Waals surface area contributed by atoms with E-state index in [4.69, 9.17) is 21.4 Å². The van der Waals surface area contributed by atoms with Crippen molar-refractivity contribution in [1.82, 2.24) is 5.32 Å². The lowest BCUT2D eigenvalue weighted by Crippen LogP contribution is -2.38. The van der Waals surface area contributed by atoms with Crippen LogP contribution in [0.5, 0.6) is 0 Å². The largest absolute Gasteiger partial charge is 0.394 e. The maximum absolute atomic E-state index is 8.80. The third-order valence-electron chi connectivity index (χ3n) is 3.64. The predicted octanol–water partition coefficient (Wildman–Crippen LogP) is 2.04. The Bertz CT molecular complexity index is 420. The molecular weight excluding hydrogens is 276 g/mol. The molecule has 0 bridgehead atoms. The average molecular weight is 299 g/mol. The maximum Gasteiger partial charge on any atom is 0.0701 e. The number of hydrogen-bond acceptors (Lipinski definition) is 4. The number of aliphatic hydroxyl groups is 1. The maximum atomic E-state index is 8.80. The number of anilines is 1. The van der Waals surface area contributed by atoms with Gasteiger partial charge in [-0.25, -0.2) is 0 Å². The number of piperidine rings is 1. The Morgan fingerprint density at radius 3 is 2.80 bits per heavy atom. The van der Waals surface area contributed by atoms with Gasteiger partial charge in [0.2, 0.25) is 0 Å². The van der Waals surface area contributed by atoms with Gasteiger partial charge in [-0.1, -0.05) is 17.7 Å². The van der Waals surface area contributed by atoms with E-state index in [-0.39, 0.29) is 12.7 Å². The first-order valence-electron chi connectivity index (χ1n) is 7.15. The molecule has 0 radical (unpaired) electrons. The first-order chi connectivity index (χ1) is 9.74. The fourth-order valence-electron chi connectivity index (χ4n) is 2.65. The van der Waals surface area contributed by atoms with Gasteiger partial charge in [-0.15, -0.1) is 0 Å². The van der Waals surface area contributed by atoms with Crippen LogP contribution in [0.15, 0.2) is 18.2 Å². The third-order valence-corrected chi connectivity index (χ3v) is 3.88. The summed E-state index contributed by atoms with van der Waals surface area (Å²) in [4.78, 5) is 2.37. The van der Waals surface area contributed by atoms with Crippen molar-refractivity contribution in [2.45, 2.75) is 25.5 Å². The smallest absolute Gasteiger partial charge is 0.0701 e. The molecule has 1 aromatic carbocycles. The summed E-state index contributed by atoms with van der Waals surface area (Å²) in [6, 6.07) is 6.07. The Hall–Kier alpha value is -0.810. The van der Waals surface area contributed by atoms with Gasteiger partial charge in [0.05, 0.1) is 19.3 Å². The molecule has 112 valence electrons. The lowest BCUT2D eigenvalue weighted by molar-refractivity contribution is 0.0159. The summed E-state index contributed by atoms with van der Waals surface area (Å²) < 4.78 is 5.60. The van der Waals surface area contributed by atoms with Crippen LogP contribution in [0, 0.1) is 0 Å². The summed E-state index contributed by atoms with van der Waals surface area (Å²) >= 11 is 6.13. The highest BCUT2D eigenvalue weighted by atomic mass is 35.5. The summed E-state index contributed by atoms with van der Waals surface area (Å²) in [6.45, 7) is 3.31. The molecule has 0 atom stereocenters. The molecule has 1 heterocycles. The molecule has 20 heavy (non-hydrogen) atoms. The van der Waals surface area contributed by atoms with Crippen molar-refractivity contribution in [1.29, 1.82) is 0 Å². The molecule has 4 nitrogen and oxygen atoms in total. The fourth-order valence-corrected chi connectivity index (χ4v) is 2.82. The minimum atomic E-state index is 0.0980. The van der Waals surface area contributed by atoms with Crippen LogP contribution in [-0.2, 0) is 11.3 Å². The zero-order valence-electron chi connectivity index (χ0n) is 11.9. The molecule has 0 spiro atoms. The second-order valence-electron chi connectivity index (χ2n) is 5.08. The van der Waals surface area contributed by atoms with Crippen molar-refractivity contribution in [3.05, 3.63) is 28.8 Å². The van der Waals surface area contributed by atoms with E-state index in [0.29, 0.717) is 6.61 Å². The molecular formula is C15H23ClN2O2. The Kier molecular flexibility index (Phi) is 6.10. The van der Waals surface area contributed by atoms with Crippen molar-refractivity contribution < 1.29 is 9.84 Å². The molecule has 0 unspecified atom stereocenters. The van der Waals surface area contributed by atoms with E-state index >= 15 is 0 Å². The Labute approximate surface area is 125 Å². The molecule has 1 aromatic rings. The predicted molar refractivity (Wildman–Crippen MR) is 82.5 cm³/mol. The fraction of sp³-hybridized carbons (Fsp3) is 0.600. The number of nitrogens with one attached hydrogen (secondary N) is 1. The van der Waals surface area contributed by atoms with E-state index in [1.165, 1.54) is 11.3 Å². The number of benzene rings is 1. The van der Waals surface area contributed by atoms with Crippen molar-refractivity contribution in [3.63, 3.8) is 0 Å². The highest BCUT2D eigenvalue weighted by molar-refractivity contribution is 6.30. The molecule has 1 aliphatic rings. The van der Waals surface area contributed by atoms with E-state index in [1.807, 2.05) is 19.2 Å². The lowest BCUT2D eigenvalue weighted by atomic mass is 10.0. The van der Waals surface area contributed by atoms with Crippen LogP contribution in [0.1, 0.15) is 18.4 Å². The normalized spacial score (nSPS) is 16.6. The van der Waals surface area contributed by atoms with E-state index in [1.54, 1.807) is 0 Å². The minimum absolute atomic E-state index is 0.0980. The van der Waals surface area contributed by atoms with Gasteiger partial charge in [-0.2, -0.15) is 0 Å². The van der Waals surface area contributed by atoms with Gasteiger partial charge in [0, 0.05) is 30.3 Å². The Balaban J connectivity index is 2.00. The molecule has 1 fully saturated rings. The van der Waals surface area contributed by atoms with Crippen LogP contribution in [0.3, 0.4) is 0 Å². The zero-order valence-corrected chi connectivity index (χ0v) is 12.7. The first-order valence-corrected chi connectivity index (χ1v) is 7.53. The lowest BCUT2D eigenvalue weighted by Gasteiger charge is -2.34. The zero-order chi connectivity index (χ0) is 14.4. The number of hydrogen-bond donors (Lipinski definition) is 2. The van der Waals surface area contributed by atoms with Gasteiger partial charge < -0.3 is 20.1 Å². The summed E-state index contributed by atoms with van der Waals surface area (Å²) in [7, 11) is 1.95. The molecule has 2 N–H and O–H groups in total. The third kappa shape index (κ3) is 4.09. The van der Waals surface area contributed by atoms with Gasteiger partial charge in [0.25, 0.3) is 0 Å². The first kappa shape index (κ1) is 15.6. The number of halogens is 1. The summed E-state index contributed by atoms with van der Waals surface area (Å²) in [6.07, 6.45) is 2.25. The van der Waals surface area contributed by atoms with Crippen LogP contribution in [-0.4, -0.2) is 44.6 Å². The molecule has 0 saturated carbocycles. The van der Waals surface area contributed by atoms with Crippen LogP contribution in [0.25, 0.3) is 0 Å². The van der Waals surface area contributed by atoms with Gasteiger partial charge in [0.1, 0.15) is 0 Å². The summed E-state index contributed by atoms with van der Waals surface area (Å²) in [5.74, 6) is 0. The van der Waals surface area contributed by atoms with E-state index in [0.717, 1.165) is 37.5 Å². The summed E-state index contributed by atoms with van der Waals surface area (Å²) in [5, 5.41) is 12.8. The minimum Gasteiger partial charge on any atom is -0.394 e. The topological polar surface area (TPSA) is 44.7 Å². The standard InChI is InChI=1S/C15H23ClN2O2/c1-17-11-12-2-3-13(16)10-15(12)18-6-4-14(5-7-18)20-9-8-19/h2-3,10,14,17,19H,4-9,11H2,1H3. The molecule has 5 heteroatoms. The van der Waals surface area contributed by atoms with Crippen LogP contribution >= 0.6 is 11.6 Å². The van der Waals surface area contributed by atoms with E-state index in [2.05, 4.69) is 16.3 Å². The van der Waals surface area contributed by atoms with Gasteiger partial charge in [-0.3, -0.25) is 0 Å². The Morgan fingerprint density at radius 1 is 1.40 bits per heavy atom. The van der Waals surface area contributed by atoms with Gasteiger partial charge in [-0.05, 0) is 37.6 Å². The van der Waals surface area contributed by atoms with E-state index in [9.17, 15) is 0 Å². The molecule has 0 amide bonds. The second kappa shape index (κ2) is 7.84. The molecule has 1 saturated heterocycles. The van der Waals surface area contributed by atoms with Crippen molar-refractivity contribution in [3.8, 4) is 0 Å². The second-order valence-corrected chi connectivity index (χ2v) is 5.52.